The lowest BCUT2D eigenvalue weighted by Crippen LogP contribution is -2.46. The lowest BCUT2D eigenvalue weighted by molar-refractivity contribution is -0.128. The van der Waals surface area contributed by atoms with Crippen molar-refractivity contribution < 1.29 is 23.8 Å². The van der Waals surface area contributed by atoms with Crippen molar-refractivity contribution >= 4 is 23.2 Å². The number of hydrogen-bond acceptors (Lipinski definition) is 5. The summed E-state index contributed by atoms with van der Waals surface area (Å²) in [6, 6.07) is 19.3. The number of para-hydroxylation sites is 4. The molecule has 0 saturated heterocycles. The van der Waals surface area contributed by atoms with Gasteiger partial charge in [-0.05, 0) is 49.4 Å². The Labute approximate surface area is 172 Å². The van der Waals surface area contributed by atoms with Crippen molar-refractivity contribution in [3.63, 3.8) is 0 Å². The summed E-state index contributed by atoms with van der Waals surface area (Å²) >= 11 is 0. The van der Waals surface area contributed by atoms with Gasteiger partial charge >= 0.3 is 0 Å². The van der Waals surface area contributed by atoms with Gasteiger partial charge in [-0.1, -0.05) is 24.3 Å². The van der Waals surface area contributed by atoms with Crippen LogP contribution in [0.15, 0.2) is 66.7 Å². The van der Waals surface area contributed by atoms with E-state index >= 15 is 0 Å². The van der Waals surface area contributed by atoms with E-state index in [1.165, 1.54) is 0 Å². The number of fused-ring (bicyclic) bond motifs is 3. The van der Waals surface area contributed by atoms with Gasteiger partial charge in [0.1, 0.15) is 11.9 Å². The Hall–Kier alpha value is -4.00. The van der Waals surface area contributed by atoms with Crippen LogP contribution in [-0.2, 0) is 4.79 Å². The number of carbonyl (C=O) groups is 2. The van der Waals surface area contributed by atoms with E-state index in [1.54, 1.807) is 49.4 Å². The number of benzene rings is 3. The van der Waals surface area contributed by atoms with E-state index in [4.69, 9.17) is 14.2 Å². The molecular weight excluding hydrogens is 384 g/mol. The number of nitrogens with one attached hydrogen (secondary N) is 2. The van der Waals surface area contributed by atoms with Crippen molar-refractivity contribution in [2.24, 2.45) is 0 Å². The summed E-state index contributed by atoms with van der Waals surface area (Å²) < 4.78 is 17.5. The molecule has 2 atom stereocenters. The zero-order valence-electron chi connectivity index (χ0n) is 16.0. The molecule has 7 nitrogen and oxygen atoms in total. The molecule has 5 rings (SSSR count). The van der Waals surface area contributed by atoms with Gasteiger partial charge in [0, 0.05) is 5.69 Å². The highest BCUT2D eigenvalue weighted by molar-refractivity contribution is 6.09. The molecule has 3 aromatic rings. The van der Waals surface area contributed by atoms with Crippen LogP contribution in [0.4, 0.5) is 11.4 Å². The maximum Gasteiger partial charge on any atom is 0.269 e. The van der Waals surface area contributed by atoms with Crippen LogP contribution in [0, 0.1) is 0 Å². The minimum absolute atomic E-state index is 0.314. The predicted molar refractivity (Wildman–Crippen MR) is 110 cm³/mol. The molecule has 0 bridgehead atoms. The van der Waals surface area contributed by atoms with Crippen molar-refractivity contribution in [2.75, 3.05) is 10.6 Å². The van der Waals surface area contributed by atoms with E-state index in [9.17, 15) is 9.59 Å². The summed E-state index contributed by atoms with van der Waals surface area (Å²) in [4.78, 5) is 25.5. The van der Waals surface area contributed by atoms with Crippen molar-refractivity contribution in [2.45, 2.75) is 19.1 Å². The first-order valence-electron chi connectivity index (χ1n) is 9.54. The topological polar surface area (TPSA) is 85.9 Å². The average molecular weight is 402 g/mol. The van der Waals surface area contributed by atoms with Gasteiger partial charge in [-0.15, -0.1) is 0 Å². The molecule has 0 radical (unpaired) electrons. The third-order valence-corrected chi connectivity index (χ3v) is 4.95. The highest BCUT2D eigenvalue weighted by atomic mass is 16.6. The van der Waals surface area contributed by atoms with Crippen LogP contribution in [0.1, 0.15) is 17.3 Å². The molecule has 2 heterocycles. The molecular formula is C23H18N2O5. The van der Waals surface area contributed by atoms with Gasteiger partial charge in [0.2, 0.25) is 6.10 Å². The highest BCUT2D eigenvalue weighted by Crippen LogP contribution is 2.37. The molecule has 2 N–H and O–H groups in total. The van der Waals surface area contributed by atoms with E-state index in [1.807, 2.05) is 24.3 Å². The second-order valence-electron chi connectivity index (χ2n) is 7.06. The fourth-order valence-corrected chi connectivity index (χ4v) is 3.46. The minimum Gasteiger partial charge on any atom is -0.482 e. The van der Waals surface area contributed by atoms with Crippen LogP contribution >= 0.6 is 0 Å². The van der Waals surface area contributed by atoms with Gasteiger partial charge in [-0.3, -0.25) is 9.59 Å². The third-order valence-electron chi connectivity index (χ3n) is 4.95. The fourth-order valence-electron chi connectivity index (χ4n) is 3.46. The smallest absolute Gasteiger partial charge is 0.269 e. The molecule has 0 spiro atoms. The van der Waals surface area contributed by atoms with Crippen LogP contribution in [0.2, 0.25) is 0 Å². The Morgan fingerprint density at radius 3 is 2.40 bits per heavy atom. The Balaban J connectivity index is 1.37. The number of rotatable bonds is 2. The van der Waals surface area contributed by atoms with Gasteiger partial charge in [0.05, 0.1) is 11.3 Å². The predicted octanol–water partition coefficient (Wildman–Crippen LogP) is 4.21. The normalized spacial score (nSPS) is 18.8. The number of ether oxygens (including phenoxy) is 3. The van der Waals surface area contributed by atoms with Gasteiger partial charge in [-0.2, -0.15) is 0 Å². The molecule has 0 aromatic heterocycles. The van der Waals surface area contributed by atoms with E-state index in [2.05, 4.69) is 10.6 Å². The first-order valence-corrected chi connectivity index (χ1v) is 9.54. The molecule has 2 amide bonds. The van der Waals surface area contributed by atoms with Gasteiger partial charge in [0.15, 0.2) is 17.2 Å². The summed E-state index contributed by atoms with van der Waals surface area (Å²) in [6.07, 6.45) is -1.30. The number of carbonyl (C=O) groups excluding carboxylic acids is 2. The second kappa shape index (κ2) is 7.11. The van der Waals surface area contributed by atoms with Gasteiger partial charge in [-0.25, -0.2) is 0 Å². The third kappa shape index (κ3) is 3.20. The molecule has 2 aliphatic heterocycles. The molecule has 7 heteroatoms. The van der Waals surface area contributed by atoms with Crippen LogP contribution in [0.5, 0.6) is 23.0 Å². The van der Waals surface area contributed by atoms with Crippen LogP contribution in [0.25, 0.3) is 0 Å². The standard InChI is InChI=1S/C23H18N2O5/c1-13-21(30-20-9-5-4-8-19(20)28-13)23(27)24-14-10-11-17-15(12-14)22(26)25-16-6-2-3-7-18(16)29-17/h2-13,21H,1H3,(H,24,27)(H,25,26)/t13-,21-/m0/s1. The number of hydrogen-bond donors (Lipinski definition) is 2. The molecule has 0 fully saturated rings. The molecule has 150 valence electrons. The van der Waals surface area contributed by atoms with Crippen LogP contribution in [0.3, 0.4) is 0 Å². The first-order chi connectivity index (χ1) is 14.6. The van der Waals surface area contributed by atoms with Crippen LogP contribution < -0.4 is 24.8 Å². The monoisotopic (exact) mass is 402 g/mol. The molecule has 0 unspecified atom stereocenters. The SMILES string of the molecule is C[C@@H]1Oc2ccccc2O[C@@H]1C(=O)Nc1ccc2c(c1)C(=O)Nc1ccccc1O2. The lowest BCUT2D eigenvalue weighted by Gasteiger charge is -2.31. The lowest BCUT2D eigenvalue weighted by atomic mass is 10.1. The second-order valence-corrected chi connectivity index (χ2v) is 7.06. The van der Waals surface area contributed by atoms with Crippen molar-refractivity contribution in [3.05, 3.63) is 72.3 Å². The zero-order valence-corrected chi connectivity index (χ0v) is 16.0. The summed E-state index contributed by atoms with van der Waals surface area (Å²) in [5.41, 5.74) is 1.37. The molecule has 3 aromatic carbocycles. The summed E-state index contributed by atoms with van der Waals surface area (Å²) in [6.45, 7) is 1.77. The maximum absolute atomic E-state index is 12.8. The molecule has 0 aliphatic carbocycles. The number of amides is 2. The first kappa shape index (κ1) is 18.1. The van der Waals surface area contributed by atoms with E-state index in [0.717, 1.165) is 0 Å². The molecule has 2 aliphatic rings. The fraction of sp³-hybridized carbons (Fsp3) is 0.130. The molecule has 30 heavy (non-hydrogen) atoms. The largest absolute Gasteiger partial charge is 0.482 e. The van der Waals surface area contributed by atoms with Crippen LogP contribution in [-0.4, -0.2) is 24.0 Å². The summed E-state index contributed by atoms with van der Waals surface area (Å²) in [7, 11) is 0. The zero-order chi connectivity index (χ0) is 20.7. The maximum atomic E-state index is 12.8. The van der Waals surface area contributed by atoms with Crippen molar-refractivity contribution in [3.8, 4) is 23.0 Å². The number of anilines is 2. The van der Waals surface area contributed by atoms with Crippen molar-refractivity contribution in [1.29, 1.82) is 0 Å². The van der Waals surface area contributed by atoms with Gasteiger partial charge in [0.25, 0.3) is 11.8 Å². The highest BCUT2D eigenvalue weighted by Gasteiger charge is 2.34. The Bertz CT molecular complexity index is 1160. The summed E-state index contributed by atoms with van der Waals surface area (Å²) in [5.74, 6) is 1.41. The Morgan fingerprint density at radius 1 is 0.900 bits per heavy atom. The minimum atomic E-state index is -0.826. The molecule has 0 saturated carbocycles. The van der Waals surface area contributed by atoms with Crippen molar-refractivity contribution in [1.82, 2.24) is 0 Å². The van der Waals surface area contributed by atoms with E-state index < -0.39 is 12.2 Å². The van der Waals surface area contributed by atoms with Gasteiger partial charge < -0.3 is 24.8 Å². The van der Waals surface area contributed by atoms with E-state index in [0.29, 0.717) is 39.9 Å². The quantitative estimate of drug-likeness (QED) is 0.671. The Morgan fingerprint density at radius 2 is 1.60 bits per heavy atom. The average Bonchev–Trinajstić information content (AvgIpc) is 2.89. The Kier molecular flexibility index (Phi) is 4.28. The summed E-state index contributed by atoms with van der Waals surface area (Å²) in [5, 5.41) is 5.62. The van der Waals surface area contributed by atoms with E-state index in [-0.39, 0.29) is 11.8 Å².